The van der Waals surface area contributed by atoms with E-state index in [4.69, 9.17) is 9.72 Å². The number of hydrogen-bond acceptors (Lipinski definition) is 7. The first kappa shape index (κ1) is 21.6. The number of esters is 1. The highest BCUT2D eigenvalue weighted by molar-refractivity contribution is 5.84. The van der Waals surface area contributed by atoms with Crippen molar-refractivity contribution in [2.45, 2.75) is 45.2 Å². The monoisotopic (exact) mass is 431 g/mol. The maximum absolute atomic E-state index is 12.7. The lowest BCUT2D eigenvalue weighted by Gasteiger charge is -2.32. The minimum Gasteiger partial charge on any atom is -0.467 e. The van der Waals surface area contributed by atoms with Crippen molar-refractivity contribution in [1.29, 1.82) is 0 Å². The normalized spacial score (nSPS) is 21.8. The lowest BCUT2D eigenvalue weighted by molar-refractivity contribution is -0.146. The molecule has 2 heterocycles. The number of nitrogens with zero attached hydrogens (tertiary/aromatic N) is 3. The number of allylic oxidation sites excluding steroid dienone is 2. The zero-order chi connectivity index (χ0) is 22.7. The predicted molar refractivity (Wildman–Crippen MR) is 125 cm³/mol. The molecule has 1 aromatic carbocycles. The summed E-state index contributed by atoms with van der Waals surface area (Å²) < 4.78 is 5.11. The van der Waals surface area contributed by atoms with Gasteiger partial charge in [-0.05, 0) is 43.5 Å². The summed E-state index contributed by atoms with van der Waals surface area (Å²) in [7, 11) is 1.41. The fourth-order valence-electron chi connectivity index (χ4n) is 4.06. The number of ether oxygens (including phenoxy) is 1. The molecule has 7 heteroatoms. The molecule has 1 aliphatic carbocycles. The molecular formula is C25H29N5O2. The fourth-order valence-corrected chi connectivity index (χ4v) is 4.06. The Hall–Kier alpha value is -3.61. The Morgan fingerprint density at radius 1 is 1.34 bits per heavy atom. The number of aryl methyl sites for hydroxylation is 3. The van der Waals surface area contributed by atoms with E-state index >= 15 is 0 Å². The Kier molecular flexibility index (Phi) is 5.99. The van der Waals surface area contributed by atoms with Gasteiger partial charge in [0.2, 0.25) is 0 Å². The van der Waals surface area contributed by atoms with E-state index < -0.39 is 5.54 Å². The van der Waals surface area contributed by atoms with Crippen molar-refractivity contribution >= 4 is 11.8 Å². The summed E-state index contributed by atoms with van der Waals surface area (Å²) in [5.41, 5.74) is 6.50. The molecule has 4 rings (SSSR count). The topological polar surface area (TPSA) is 79.4 Å². The van der Waals surface area contributed by atoms with Crippen molar-refractivity contribution in [2.75, 3.05) is 12.1 Å². The van der Waals surface area contributed by atoms with E-state index in [1.807, 2.05) is 43.2 Å². The van der Waals surface area contributed by atoms with E-state index in [9.17, 15) is 4.79 Å². The Labute approximate surface area is 188 Å². The van der Waals surface area contributed by atoms with Crippen LogP contribution in [0.5, 0.6) is 0 Å². The average Bonchev–Trinajstić information content (AvgIpc) is 3.24. The molecule has 0 spiro atoms. The Morgan fingerprint density at radius 2 is 2.19 bits per heavy atom. The number of rotatable bonds is 6. The maximum Gasteiger partial charge on any atom is 0.335 e. The van der Waals surface area contributed by atoms with Crippen LogP contribution in [-0.2, 0) is 16.0 Å². The van der Waals surface area contributed by atoms with Crippen LogP contribution in [0.2, 0.25) is 0 Å². The van der Waals surface area contributed by atoms with Crippen LogP contribution in [-0.4, -0.2) is 28.6 Å². The average molecular weight is 432 g/mol. The summed E-state index contributed by atoms with van der Waals surface area (Å²) in [6, 6.07) is 8.39. The number of hydrogen-bond donors (Lipinski definition) is 2. The molecule has 1 aromatic heterocycles. The van der Waals surface area contributed by atoms with Gasteiger partial charge >= 0.3 is 5.97 Å². The van der Waals surface area contributed by atoms with Crippen LogP contribution in [0.3, 0.4) is 0 Å². The molecule has 7 nitrogen and oxygen atoms in total. The van der Waals surface area contributed by atoms with Crippen molar-refractivity contribution < 1.29 is 9.53 Å². The van der Waals surface area contributed by atoms with Crippen LogP contribution in [0.1, 0.15) is 41.9 Å². The highest BCUT2D eigenvalue weighted by Gasteiger charge is 2.40. The Balaban J connectivity index is 1.74. The van der Waals surface area contributed by atoms with Crippen molar-refractivity contribution in [1.82, 2.24) is 20.7 Å². The second kappa shape index (κ2) is 8.86. The fraction of sp³-hybridized carbons (Fsp3) is 0.320. The summed E-state index contributed by atoms with van der Waals surface area (Å²) in [5, 5.41) is 5.39. The first-order valence-electron chi connectivity index (χ1n) is 10.8. The Bertz CT molecular complexity index is 1110. The number of aromatic nitrogens is 2. The van der Waals surface area contributed by atoms with Gasteiger partial charge in [-0.15, -0.1) is 0 Å². The smallest absolute Gasteiger partial charge is 0.335 e. The predicted octanol–water partition coefficient (Wildman–Crippen LogP) is 3.58. The third-order valence-electron chi connectivity index (χ3n) is 5.80. The van der Waals surface area contributed by atoms with Crippen LogP contribution >= 0.6 is 0 Å². The molecule has 0 radical (unpaired) electrons. The standard InChI is InChI=1S/C25H29N5O2/c1-5-19-10-9-11-20(14-19)21-15-22(28-25(24(31)32-4)12-7-6-8-13-25)29-30(21)23-18(3)26-16-17(2)27-23/h6-12,14-16,21,28-29H,5,13H2,1-4H3. The van der Waals surface area contributed by atoms with Crippen LogP contribution in [0, 0.1) is 13.8 Å². The third kappa shape index (κ3) is 4.10. The van der Waals surface area contributed by atoms with E-state index in [-0.39, 0.29) is 12.0 Å². The van der Waals surface area contributed by atoms with Gasteiger partial charge < -0.3 is 10.1 Å². The molecule has 2 atom stereocenters. The summed E-state index contributed by atoms with van der Waals surface area (Å²) in [6.45, 7) is 6.02. The summed E-state index contributed by atoms with van der Waals surface area (Å²) >= 11 is 0. The number of anilines is 1. The van der Waals surface area contributed by atoms with Gasteiger partial charge in [-0.1, -0.05) is 49.4 Å². The first-order chi connectivity index (χ1) is 15.5. The second-order valence-corrected chi connectivity index (χ2v) is 8.11. The minimum atomic E-state index is -0.971. The van der Waals surface area contributed by atoms with Gasteiger partial charge in [0, 0.05) is 12.6 Å². The molecule has 0 fully saturated rings. The van der Waals surface area contributed by atoms with Gasteiger partial charge in [0.1, 0.15) is 5.82 Å². The van der Waals surface area contributed by atoms with Crippen LogP contribution in [0.4, 0.5) is 5.82 Å². The zero-order valence-corrected chi connectivity index (χ0v) is 18.9. The molecule has 0 bridgehead atoms. The van der Waals surface area contributed by atoms with E-state index in [0.29, 0.717) is 12.2 Å². The number of carbonyl (C=O) groups excluding carboxylic acids is 1. The maximum atomic E-state index is 12.7. The summed E-state index contributed by atoms with van der Waals surface area (Å²) in [6.07, 6.45) is 12.9. The number of hydrazine groups is 1. The number of methoxy groups -OCH3 is 1. The lowest BCUT2D eigenvalue weighted by atomic mass is 9.91. The van der Waals surface area contributed by atoms with Crippen molar-refractivity contribution in [3.8, 4) is 0 Å². The van der Waals surface area contributed by atoms with Gasteiger partial charge in [0.05, 0.1) is 24.5 Å². The molecule has 0 saturated carbocycles. The van der Waals surface area contributed by atoms with Crippen LogP contribution < -0.4 is 15.8 Å². The molecule has 2 unspecified atom stereocenters. The number of carbonyl (C=O) groups is 1. The van der Waals surface area contributed by atoms with Crippen LogP contribution in [0.15, 0.2) is 66.7 Å². The number of nitrogens with one attached hydrogen (secondary N) is 2. The van der Waals surface area contributed by atoms with Gasteiger partial charge in [0.15, 0.2) is 11.4 Å². The molecule has 2 N–H and O–H groups in total. The van der Waals surface area contributed by atoms with Crippen molar-refractivity contribution in [2.24, 2.45) is 0 Å². The van der Waals surface area contributed by atoms with E-state index in [1.54, 1.807) is 6.20 Å². The first-order valence-corrected chi connectivity index (χ1v) is 10.8. The highest BCUT2D eigenvalue weighted by atomic mass is 16.5. The number of benzene rings is 1. The third-order valence-corrected chi connectivity index (χ3v) is 5.80. The molecular weight excluding hydrogens is 402 g/mol. The minimum absolute atomic E-state index is 0.128. The highest BCUT2D eigenvalue weighted by Crippen LogP contribution is 2.33. The molecule has 32 heavy (non-hydrogen) atoms. The van der Waals surface area contributed by atoms with E-state index in [0.717, 1.165) is 29.2 Å². The van der Waals surface area contributed by atoms with Crippen LogP contribution in [0.25, 0.3) is 0 Å². The van der Waals surface area contributed by atoms with Crippen molar-refractivity contribution in [3.05, 3.63) is 89.2 Å². The Morgan fingerprint density at radius 3 is 2.91 bits per heavy atom. The van der Waals surface area contributed by atoms with E-state index in [2.05, 4.69) is 53.0 Å². The van der Waals surface area contributed by atoms with Crippen molar-refractivity contribution in [3.63, 3.8) is 0 Å². The summed E-state index contributed by atoms with van der Waals surface area (Å²) in [5.74, 6) is 1.12. The molecule has 1 aliphatic heterocycles. The van der Waals surface area contributed by atoms with E-state index in [1.165, 1.54) is 12.7 Å². The summed E-state index contributed by atoms with van der Waals surface area (Å²) in [4.78, 5) is 21.9. The van der Waals surface area contributed by atoms with Gasteiger partial charge in [0.25, 0.3) is 0 Å². The quantitative estimate of drug-likeness (QED) is 0.677. The molecule has 0 saturated heterocycles. The van der Waals surface area contributed by atoms with Gasteiger partial charge in [-0.2, -0.15) is 0 Å². The van der Waals surface area contributed by atoms with Gasteiger partial charge in [-0.25, -0.2) is 9.78 Å². The largest absolute Gasteiger partial charge is 0.467 e. The zero-order valence-electron chi connectivity index (χ0n) is 18.9. The second-order valence-electron chi connectivity index (χ2n) is 8.11. The molecule has 166 valence electrons. The lowest BCUT2D eigenvalue weighted by Crippen LogP contribution is -2.53. The molecule has 2 aliphatic rings. The molecule has 0 amide bonds. The SMILES string of the molecule is CCc1cccc(C2C=C(NC3(C(=O)OC)C=CC=CC3)NN2c2nc(C)cnc2C)c1. The molecule has 2 aromatic rings. The van der Waals surface area contributed by atoms with Gasteiger partial charge in [-0.3, -0.25) is 15.4 Å².